The van der Waals surface area contributed by atoms with Gasteiger partial charge in [0, 0.05) is 23.7 Å². The molecule has 1 unspecified atom stereocenters. The highest BCUT2D eigenvalue weighted by Gasteiger charge is 2.27. The van der Waals surface area contributed by atoms with Crippen LogP contribution in [0.3, 0.4) is 0 Å². The summed E-state index contributed by atoms with van der Waals surface area (Å²) in [4.78, 5) is 4.60. The van der Waals surface area contributed by atoms with E-state index in [1.54, 1.807) is 0 Å². The lowest BCUT2D eigenvalue weighted by molar-refractivity contribution is 0.416. The first-order valence-corrected chi connectivity index (χ1v) is 9.25. The Labute approximate surface area is 153 Å². The number of fused-ring (bicyclic) bond motifs is 1. The van der Waals surface area contributed by atoms with E-state index >= 15 is 0 Å². The first kappa shape index (κ1) is 17.0. The number of hydrogen-bond acceptors (Lipinski definition) is 5. The molecule has 6 nitrogen and oxygen atoms in total. The second kappa shape index (κ2) is 6.68. The highest BCUT2D eigenvalue weighted by atomic mass is 16.5. The van der Waals surface area contributed by atoms with E-state index in [1.807, 2.05) is 7.05 Å². The fourth-order valence-electron chi connectivity index (χ4n) is 3.66. The SMILES string of the molecule is CNC(C)Cc1noc(-c2nn(-c3ccc(C)cc3C)c3c2CCC3)n1. The maximum absolute atomic E-state index is 5.56. The van der Waals surface area contributed by atoms with E-state index in [1.165, 1.54) is 22.4 Å². The average molecular weight is 351 g/mol. The number of rotatable bonds is 5. The molecule has 1 atom stereocenters. The quantitative estimate of drug-likeness (QED) is 0.764. The van der Waals surface area contributed by atoms with Crippen LogP contribution in [0.25, 0.3) is 17.3 Å². The highest BCUT2D eigenvalue weighted by Crippen LogP contribution is 2.33. The first-order valence-electron chi connectivity index (χ1n) is 9.25. The fourth-order valence-corrected chi connectivity index (χ4v) is 3.66. The molecular weight excluding hydrogens is 326 g/mol. The second-order valence-corrected chi connectivity index (χ2v) is 7.24. The minimum atomic E-state index is 0.305. The summed E-state index contributed by atoms with van der Waals surface area (Å²) in [5, 5.41) is 12.2. The van der Waals surface area contributed by atoms with Crippen molar-refractivity contribution in [3.63, 3.8) is 0 Å². The number of nitrogens with one attached hydrogen (secondary N) is 1. The third kappa shape index (κ3) is 2.94. The molecule has 0 aliphatic heterocycles. The van der Waals surface area contributed by atoms with Crippen molar-refractivity contribution in [1.29, 1.82) is 0 Å². The zero-order valence-electron chi connectivity index (χ0n) is 15.8. The van der Waals surface area contributed by atoms with Crippen LogP contribution in [-0.2, 0) is 19.3 Å². The lowest BCUT2D eigenvalue weighted by Gasteiger charge is -2.09. The number of likely N-dealkylation sites (N-methyl/N-ethyl adjacent to an activating group) is 1. The molecule has 136 valence electrons. The van der Waals surface area contributed by atoms with Gasteiger partial charge in [0.2, 0.25) is 0 Å². The predicted octanol–water partition coefficient (Wildman–Crippen LogP) is 3.18. The average Bonchev–Trinajstić information content (AvgIpc) is 3.31. The monoisotopic (exact) mass is 351 g/mol. The lowest BCUT2D eigenvalue weighted by atomic mass is 10.1. The molecule has 0 saturated carbocycles. The summed E-state index contributed by atoms with van der Waals surface area (Å²) in [7, 11) is 1.93. The van der Waals surface area contributed by atoms with Crippen LogP contribution in [0.5, 0.6) is 0 Å². The van der Waals surface area contributed by atoms with E-state index < -0.39 is 0 Å². The number of nitrogens with zero attached hydrogens (tertiary/aromatic N) is 4. The normalized spacial score (nSPS) is 14.6. The molecule has 26 heavy (non-hydrogen) atoms. The molecule has 1 N–H and O–H groups in total. The molecule has 0 saturated heterocycles. The van der Waals surface area contributed by atoms with Crippen LogP contribution in [-0.4, -0.2) is 33.0 Å². The summed E-state index contributed by atoms with van der Waals surface area (Å²) < 4.78 is 7.63. The number of aromatic nitrogens is 4. The molecule has 2 heterocycles. The molecule has 0 fully saturated rings. The molecule has 1 aliphatic carbocycles. The smallest absolute Gasteiger partial charge is 0.278 e. The topological polar surface area (TPSA) is 68.8 Å². The van der Waals surface area contributed by atoms with E-state index in [-0.39, 0.29) is 0 Å². The zero-order valence-corrected chi connectivity index (χ0v) is 15.8. The predicted molar refractivity (Wildman–Crippen MR) is 101 cm³/mol. The third-order valence-electron chi connectivity index (χ3n) is 5.16. The molecule has 3 aromatic rings. The van der Waals surface area contributed by atoms with Crippen molar-refractivity contribution >= 4 is 0 Å². The van der Waals surface area contributed by atoms with Crippen molar-refractivity contribution in [2.75, 3.05) is 7.05 Å². The minimum Gasteiger partial charge on any atom is -0.332 e. The molecular formula is C20H25N5O. The van der Waals surface area contributed by atoms with Crippen molar-refractivity contribution in [1.82, 2.24) is 25.2 Å². The van der Waals surface area contributed by atoms with E-state index in [0.29, 0.717) is 11.9 Å². The number of aryl methyl sites for hydroxylation is 2. The van der Waals surface area contributed by atoms with E-state index in [4.69, 9.17) is 9.62 Å². The van der Waals surface area contributed by atoms with E-state index in [9.17, 15) is 0 Å². The zero-order chi connectivity index (χ0) is 18.3. The highest BCUT2D eigenvalue weighted by molar-refractivity contribution is 5.58. The second-order valence-electron chi connectivity index (χ2n) is 7.24. The minimum absolute atomic E-state index is 0.305. The van der Waals surface area contributed by atoms with E-state index in [2.05, 4.69) is 59.1 Å². The summed E-state index contributed by atoms with van der Waals surface area (Å²) in [5.41, 5.74) is 6.98. The molecule has 2 aromatic heterocycles. The Morgan fingerprint density at radius 3 is 2.88 bits per heavy atom. The van der Waals surface area contributed by atoms with Crippen molar-refractivity contribution in [2.45, 2.75) is 52.5 Å². The Morgan fingerprint density at radius 2 is 2.12 bits per heavy atom. The molecule has 0 radical (unpaired) electrons. The molecule has 6 heteroatoms. The molecule has 1 aromatic carbocycles. The molecule has 0 bridgehead atoms. The third-order valence-corrected chi connectivity index (χ3v) is 5.16. The Balaban J connectivity index is 1.75. The Hall–Kier alpha value is -2.47. The molecule has 1 aliphatic rings. The van der Waals surface area contributed by atoms with Gasteiger partial charge in [0.15, 0.2) is 11.5 Å². The van der Waals surface area contributed by atoms with Gasteiger partial charge in [-0.2, -0.15) is 10.1 Å². The Kier molecular flexibility index (Phi) is 4.36. The number of benzene rings is 1. The molecule has 0 amide bonds. The van der Waals surface area contributed by atoms with Gasteiger partial charge in [0.1, 0.15) is 0 Å². The lowest BCUT2D eigenvalue weighted by Crippen LogP contribution is -2.24. The van der Waals surface area contributed by atoms with Gasteiger partial charge in [0.25, 0.3) is 5.89 Å². The van der Waals surface area contributed by atoms with Crippen LogP contribution in [0.4, 0.5) is 0 Å². The van der Waals surface area contributed by atoms with Gasteiger partial charge in [-0.15, -0.1) is 0 Å². The molecule has 4 rings (SSSR count). The Morgan fingerprint density at radius 1 is 1.27 bits per heavy atom. The Bertz CT molecular complexity index is 940. The van der Waals surface area contributed by atoms with Crippen molar-refractivity contribution in [3.8, 4) is 17.3 Å². The summed E-state index contributed by atoms with van der Waals surface area (Å²) in [6, 6.07) is 6.78. The van der Waals surface area contributed by atoms with Crippen LogP contribution in [0, 0.1) is 13.8 Å². The van der Waals surface area contributed by atoms with Gasteiger partial charge in [-0.3, -0.25) is 0 Å². The largest absolute Gasteiger partial charge is 0.332 e. The summed E-state index contributed by atoms with van der Waals surface area (Å²) >= 11 is 0. The van der Waals surface area contributed by atoms with Crippen LogP contribution in [0.1, 0.15) is 41.6 Å². The van der Waals surface area contributed by atoms with Crippen molar-refractivity contribution in [3.05, 3.63) is 46.4 Å². The number of hydrogen-bond donors (Lipinski definition) is 1. The summed E-state index contributed by atoms with van der Waals surface area (Å²) in [5.74, 6) is 1.25. The first-order chi connectivity index (χ1) is 12.6. The van der Waals surface area contributed by atoms with Gasteiger partial charge in [-0.25, -0.2) is 4.68 Å². The standard InChI is InChI=1S/C20H25N5O/c1-12-8-9-16(13(2)10-12)25-17-7-5-6-15(17)19(23-25)20-22-18(24-26-20)11-14(3)21-4/h8-10,14,21H,5-7,11H2,1-4H3. The van der Waals surface area contributed by atoms with Crippen molar-refractivity contribution in [2.24, 2.45) is 0 Å². The fraction of sp³-hybridized carbons (Fsp3) is 0.450. The van der Waals surface area contributed by atoms with Gasteiger partial charge in [-0.05, 0) is 58.7 Å². The van der Waals surface area contributed by atoms with Gasteiger partial charge >= 0.3 is 0 Å². The van der Waals surface area contributed by atoms with Crippen molar-refractivity contribution < 1.29 is 4.52 Å². The van der Waals surface area contributed by atoms with Crippen LogP contribution < -0.4 is 5.32 Å². The van der Waals surface area contributed by atoms with E-state index in [0.717, 1.165) is 42.9 Å². The van der Waals surface area contributed by atoms with Gasteiger partial charge < -0.3 is 9.84 Å². The van der Waals surface area contributed by atoms with Crippen LogP contribution in [0.2, 0.25) is 0 Å². The summed E-state index contributed by atoms with van der Waals surface area (Å²) in [6.07, 6.45) is 3.93. The van der Waals surface area contributed by atoms with Gasteiger partial charge in [0.05, 0.1) is 5.69 Å². The van der Waals surface area contributed by atoms with Crippen LogP contribution in [0.15, 0.2) is 22.7 Å². The maximum atomic E-state index is 5.56. The maximum Gasteiger partial charge on any atom is 0.278 e. The summed E-state index contributed by atoms with van der Waals surface area (Å²) in [6.45, 7) is 6.35. The molecule has 0 spiro atoms. The van der Waals surface area contributed by atoms with Crippen LogP contribution >= 0.6 is 0 Å². The van der Waals surface area contributed by atoms with Gasteiger partial charge in [-0.1, -0.05) is 22.9 Å².